The molecule has 0 unspecified atom stereocenters. The maximum atomic E-state index is 12.6. The zero-order chi connectivity index (χ0) is 19.6. The summed E-state index contributed by atoms with van der Waals surface area (Å²) in [5, 5.41) is 3.66. The van der Waals surface area contributed by atoms with Crippen molar-refractivity contribution in [2.24, 2.45) is 0 Å². The van der Waals surface area contributed by atoms with Crippen molar-refractivity contribution in [3.05, 3.63) is 46.2 Å². The van der Waals surface area contributed by atoms with E-state index in [9.17, 15) is 18.0 Å². The summed E-state index contributed by atoms with van der Waals surface area (Å²) in [4.78, 5) is 26.4. The molecule has 2 amide bonds. The maximum Gasteiger partial charge on any atom is 0.266 e. The van der Waals surface area contributed by atoms with Gasteiger partial charge in [-0.1, -0.05) is 36.1 Å². The summed E-state index contributed by atoms with van der Waals surface area (Å²) in [6.45, 7) is -0.259. The van der Waals surface area contributed by atoms with Crippen molar-refractivity contribution >= 4 is 56.0 Å². The number of benzene rings is 1. The highest BCUT2D eigenvalue weighted by atomic mass is 32.2. The van der Waals surface area contributed by atoms with Crippen LogP contribution in [0.25, 0.3) is 6.08 Å². The molecule has 10 heteroatoms. The predicted molar refractivity (Wildman–Crippen MR) is 108 cm³/mol. The van der Waals surface area contributed by atoms with Gasteiger partial charge in [-0.3, -0.25) is 14.5 Å². The first kappa shape index (κ1) is 19.6. The number of sulfone groups is 1. The van der Waals surface area contributed by atoms with Crippen LogP contribution in [-0.4, -0.2) is 54.9 Å². The predicted octanol–water partition coefficient (Wildman–Crippen LogP) is 1.32. The molecule has 0 aliphatic carbocycles. The van der Waals surface area contributed by atoms with Crippen LogP contribution in [0.1, 0.15) is 5.56 Å². The Morgan fingerprint density at radius 3 is 2.93 bits per heavy atom. The average Bonchev–Trinajstić information content (AvgIpc) is 3.08. The van der Waals surface area contributed by atoms with E-state index in [1.54, 1.807) is 25.3 Å². The van der Waals surface area contributed by atoms with Gasteiger partial charge in [0.05, 0.1) is 23.8 Å². The lowest BCUT2D eigenvalue weighted by molar-refractivity contribution is -0.128. The Balaban J connectivity index is 1.66. The molecule has 1 aromatic rings. The summed E-state index contributed by atoms with van der Waals surface area (Å²) in [5.41, 5.74) is 0.778. The SMILES string of the molecule is COc1cccc(/C=C2\SC(=S)N(CC(=O)N[C@H]3C=CS(=O)(=O)C3)C2=O)c1. The summed E-state index contributed by atoms with van der Waals surface area (Å²) >= 11 is 6.32. The molecule has 1 N–H and O–H groups in total. The fourth-order valence-corrected chi connectivity index (χ4v) is 5.07. The van der Waals surface area contributed by atoms with Crippen LogP contribution < -0.4 is 10.1 Å². The van der Waals surface area contributed by atoms with Gasteiger partial charge in [0.1, 0.15) is 16.6 Å². The highest BCUT2D eigenvalue weighted by Crippen LogP contribution is 2.32. The van der Waals surface area contributed by atoms with Crippen LogP contribution >= 0.6 is 24.0 Å². The summed E-state index contributed by atoms with van der Waals surface area (Å²) < 4.78 is 28.2. The lowest BCUT2D eigenvalue weighted by Crippen LogP contribution is -2.43. The zero-order valence-electron chi connectivity index (χ0n) is 14.2. The van der Waals surface area contributed by atoms with Gasteiger partial charge in [0.15, 0.2) is 9.84 Å². The van der Waals surface area contributed by atoms with Crippen molar-refractivity contribution in [3.63, 3.8) is 0 Å². The van der Waals surface area contributed by atoms with E-state index in [0.717, 1.165) is 22.7 Å². The van der Waals surface area contributed by atoms with Crippen LogP contribution in [-0.2, 0) is 19.4 Å². The minimum atomic E-state index is -3.26. The van der Waals surface area contributed by atoms with E-state index in [4.69, 9.17) is 17.0 Å². The number of carbonyl (C=O) groups excluding carboxylic acids is 2. The molecule has 1 aromatic carbocycles. The molecule has 7 nitrogen and oxygen atoms in total. The number of rotatable bonds is 5. The minimum Gasteiger partial charge on any atom is -0.497 e. The quantitative estimate of drug-likeness (QED) is 0.563. The van der Waals surface area contributed by atoms with Gasteiger partial charge < -0.3 is 10.1 Å². The van der Waals surface area contributed by atoms with E-state index >= 15 is 0 Å². The second-order valence-electron chi connectivity index (χ2n) is 5.88. The largest absolute Gasteiger partial charge is 0.497 e. The first-order valence-electron chi connectivity index (χ1n) is 7.87. The summed E-state index contributed by atoms with van der Waals surface area (Å²) in [5.74, 6) is -0.344. The van der Waals surface area contributed by atoms with E-state index in [-0.39, 0.29) is 22.5 Å². The Kier molecular flexibility index (Phi) is 5.68. The number of nitrogens with zero attached hydrogens (tertiary/aromatic N) is 1. The highest BCUT2D eigenvalue weighted by Gasteiger charge is 2.34. The molecule has 27 heavy (non-hydrogen) atoms. The van der Waals surface area contributed by atoms with Gasteiger partial charge in [-0.2, -0.15) is 0 Å². The van der Waals surface area contributed by atoms with Crippen molar-refractivity contribution in [1.29, 1.82) is 0 Å². The number of carbonyl (C=O) groups is 2. The molecular weight excluding hydrogens is 408 g/mol. The van der Waals surface area contributed by atoms with Crippen molar-refractivity contribution in [2.45, 2.75) is 6.04 Å². The normalized spacial score (nSPS) is 22.5. The van der Waals surface area contributed by atoms with Gasteiger partial charge in [0, 0.05) is 5.41 Å². The van der Waals surface area contributed by atoms with Gasteiger partial charge in [0.25, 0.3) is 5.91 Å². The maximum absolute atomic E-state index is 12.6. The Morgan fingerprint density at radius 1 is 1.48 bits per heavy atom. The molecule has 1 saturated heterocycles. The number of thioether (sulfide) groups is 1. The van der Waals surface area contributed by atoms with E-state index in [1.807, 2.05) is 12.1 Å². The first-order valence-corrected chi connectivity index (χ1v) is 10.8. The van der Waals surface area contributed by atoms with E-state index in [0.29, 0.717) is 10.7 Å². The molecule has 2 heterocycles. The van der Waals surface area contributed by atoms with Crippen molar-refractivity contribution in [1.82, 2.24) is 10.2 Å². The standard InChI is InChI=1S/C17H16N2O5S3/c1-24-13-4-2-3-11(7-13)8-14-16(21)19(17(25)26-14)9-15(20)18-12-5-6-27(22,23)10-12/h2-8,12H,9-10H2,1H3,(H,18,20)/b14-8-/t12-/m0/s1. The highest BCUT2D eigenvalue weighted by molar-refractivity contribution is 8.26. The van der Waals surface area contributed by atoms with Gasteiger partial charge in [-0.25, -0.2) is 8.42 Å². The van der Waals surface area contributed by atoms with Crippen LogP contribution in [0.4, 0.5) is 0 Å². The topological polar surface area (TPSA) is 92.8 Å². The molecule has 1 fully saturated rings. The molecule has 2 aliphatic heterocycles. The third-order valence-corrected chi connectivity index (χ3v) is 6.62. The average molecular weight is 425 g/mol. The molecule has 0 bridgehead atoms. The van der Waals surface area contributed by atoms with Crippen molar-refractivity contribution in [3.8, 4) is 5.75 Å². The molecule has 3 rings (SSSR count). The van der Waals surface area contributed by atoms with Crippen LogP contribution in [0.15, 0.2) is 40.7 Å². The van der Waals surface area contributed by atoms with Crippen LogP contribution in [0.5, 0.6) is 5.75 Å². The molecule has 0 spiro atoms. The Labute approximate surface area is 166 Å². The van der Waals surface area contributed by atoms with Crippen LogP contribution in [0.3, 0.4) is 0 Å². The number of hydrogen-bond donors (Lipinski definition) is 1. The number of ether oxygens (including phenoxy) is 1. The zero-order valence-corrected chi connectivity index (χ0v) is 16.7. The molecule has 0 radical (unpaired) electrons. The van der Waals surface area contributed by atoms with E-state index in [1.165, 1.54) is 11.0 Å². The van der Waals surface area contributed by atoms with Crippen LogP contribution in [0, 0.1) is 0 Å². The van der Waals surface area contributed by atoms with Gasteiger partial charge in [-0.05, 0) is 29.8 Å². The van der Waals surface area contributed by atoms with Crippen molar-refractivity contribution < 1.29 is 22.7 Å². The van der Waals surface area contributed by atoms with Crippen molar-refractivity contribution in [2.75, 3.05) is 19.4 Å². The molecular formula is C17H16N2O5S3. The second kappa shape index (κ2) is 7.83. The van der Waals surface area contributed by atoms with Gasteiger partial charge in [-0.15, -0.1) is 0 Å². The number of amides is 2. The Bertz CT molecular complexity index is 969. The summed E-state index contributed by atoms with van der Waals surface area (Å²) in [6, 6.07) is 6.63. The summed E-state index contributed by atoms with van der Waals surface area (Å²) in [7, 11) is -1.71. The van der Waals surface area contributed by atoms with Gasteiger partial charge >= 0.3 is 0 Å². The van der Waals surface area contributed by atoms with E-state index in [2.05, 4.69) is 5.32 Å². The van der Waals surface area contributed by atoms with Crippen LogP contribution in [0.2, 0.25) is 0 Å². The lowest BCUT2D eigenvalue weighted by atomic mass is 10.2. The number of hydrogen-bond acceptors (Lipinski definition) is 7. The first-order chi connectivity index (χ1) is 12.8. The number of methoxy groups -OCH3 is 1. The summed E-state index contributed by atoms with van der Waals surface area (Å²) in [6.07, 6.45) is 3.10. The molecule has 142 valence electrons. The minimum absolute atomic E-state index is 0.174. The Morgan fingerprint density at radius 2 is 2.26 bits per heavy atom. The lowest BCUT2D eigenvalue weighted by Gasteiger charge is -2.16. The monoisotopic (exact) mass is 424 g/mol. The molecule has 2 aliphatic rings. The third-order valence-electron chi connectivity index (χ3n) is 3.84. The Hall–Kier alpha value is -2.17. The van der Waals surface area contributed by atoms with Gasteiger partial charge in [0.2, 0.25) is 5.91 Å². The number of thiocarbonyl (C=S) groups is 1. The molecule has 1 atom stereocenters. The van der Waals surface area contributed by atoms with E-state index < -0.39 is 21.8 Å². The third kappa shape index (κ3) is 4.76. The fourth-order valence-electron chi connectivity index (χ4n) is 2.58. The molecule has 0 saturated carbocycles. The smallest absolute Gasteiger partial charge is 0.266 e. The second-order valence-corrected chi connectivity index (χ2v) is 9.48. The molecule has 0 aromatic heterocycles. The fraction of sp³-hybridized carbons (Fsp3) is 0.235. The number of nitrogens with one attached hydrogen (secondary N) is 1.